The monoisotopic (exact) mass is 293 g/mol. The lowest BCUT2D eigenvalue weighted by atomic mass is 10.1. The normalized spacial score (nSPS) is 19.1. The summed E-state index contributed by atoms with van der Waals surface area (Å²) in [6.45, 7) is 2.16. The van der Waals surface area contributed by atoms with E-state index in [1.54, 1.807) is 0 Å². The SMILES string of the molecule is COC(=O)CC1(CSC(C)C(N)c2ccccc2)CC1. The quantitative estimate of drug-likeness (QED) is 0.785. The molecular formula is C16H23NO2S. The molecule has 20 heavy (non-hydrogen) atoms. The van der Waals surface area contributed by atoms with Gasteiger partial charge in [0.15, 0.2) is 0 Å². The molecule has 2 unspecified atom stereocenters. The van der Waals surface area contributed by atoms with Crippen molar-refractivity contribution in [1.29, 1.82) is 0 Å². The van der Waals surface area contributed by atoms with Gasteiger partial charge in [-0.3, -0.25) is 4.79 Å². The first-order valence-corrected chi connectivity index (χ1v) is 8.10. The van der Waals surface area contributed by atoms with Crippen LogP contribution in [0.4, 0.5) is 0 Å². The highest BCUT2D eigenvalue weighted by Gasteiger charge is 2.44. The highest BCUT2D eigenvalue weighted by Crippen LogP contribution is 2.52. The van der Waals surface area contributed by atoms with Crippen molar-refractivity contribution in [2.75, 3.05) is 12.9 Å². The van der Waals surface area contributed by atoms with Crippen molar-refractivity contribution in [2.45, 2.75) is 37.5 Å². The third-order valence-corrected chi connectivity index (χ3v) is 5.64. The molecule has 1 fully saturated rings. The van der Waals surface area contributed by atoms with Crippen LogP contribution in [0.1, 0.15) is 37.8 Å². The van der Waals surface area contributed by atoms with Gasteiger partial charge < -0.3 is 10.5 Å². The van der Waals surface area contributed by atoms with Gasteiger partial charge in [-0.2, -0.15) is 11.8 Å². The van der Waals surface area contributed by atoms with Crippen molar-refractivity contribution in [3.8, 4) is 0 Å². The summed E-state index contributed by atoms with van der Waals surface area (Å²) in [7, 11) is 1.46. The predicted octanol–water partition coefficient (Wildman–Crippen LogP) is 3.15. The van der Waals surface area contributed by atoms with E-state index in [4.69, 9.17) is 10.5 Å². The van der Waals surface area contributed by atoms with Crippen LogP contribution in [0, 0.1) is 5.41 Å². The maximum absolute atomic E-state index is 11.4. The average Bonchev–Trinajstić information content (AvgIpc) is 3.24. The minimum Gasteiger partial charge on any atom is -0.469 e. The molecule has 0 aromatic heterocycles. The Labute approximate surface area is 125 Å². The fraction of sp³-hybridized carbons (Fsp3) is 0.562. The molecule has 0 saturated heterocycles. The van der Waals surface area contributed by atoms with Gasteiger partial charge in [-0.15, -0.1) is 0 Å². The van der Waals surface area contributed by atoms with Gasteiger partial charge in [-0.05, 0) is 29.6 Å². The van der Waals surface area contributed by atoms with Crippen molar-refractivity contribution in [3.63, 3.8) is 0 Å². The Morgan fingerprint density at radius 1 is 1.40 bits per heavy atom. The number of carbonyl (C=O) groups is 1. The summed E-state index contributed by atoms with van der Waals surface area (Å²) < 4.78 is 4.78. The van der Waals surface area contributed by atoms with Crippen molar-refractivity contribution in [1.82, 2.24) is 0 Å². The summed E-state index contributed by atoms with van der Waals surface area (Å²) in [5.74, 6) is 0.896. The molecule has 2 atom stereocenters. The summed E-state index contributed by atoms with van der Waals surface area (Å²) in [6, 6.07) is 10.2. The minimum absolute atomic E-state index is 0.0372. The van der Waals surface area contributed by atoms with Crippen LogP contribution in [0.5, 0.6) is 0 Å². The summed E-state index contributed by atoms with van der Waals surface area (Å²) in [5, 5.41) is 0.340. The second-order valence-corrected chi connectivity index (χ2v) is 7.07. The van der Waals surface area contributed by atoms with Gasteiger partial charge in [0.05, 0.1) is 13.5 Å². The van der Waals surface area contributed by atoms with E-state index >= 15 is 0 Å². The maximum Gasteiger partial charge on any atom is 0.306 e. The van der Waals surface area contributed by atoms with Crippen LogP contribution in [0.3, 0.4) is 0 Å². The second kappa shape index (κ2) is 6.64. The maximum atomic E-state index is 11.4. The van der Waals surface area contributed by atoms with Crippen LogP contribution in [0.15, 0.2) is 30.3 Å². The van der Waals surface area contributed by atoms with E-state index in [0.29, 0.717) is 11.7 Å². The molecule has 4 heteroatoms. The molecule has 1 aliphatic carbocycles. The van der Waals surface area contributed by atoms with Gasteiger partial charge in [0, 0.05) is 11.3 Å². The first-order valence-electron chi connectivity index (χ1n) is 7.05. The van der Waals surface area contributed by atoms with Crippen LogP contribution in [-0.2, 0) is 9.53 Å². The Bertz CT molecular complexity index is 445. The number of carbonyl (C=O) groups excluding carboxylic acids is 1. The van der Waals surface area contributed by atoms with Gasteiger partial charge >= 0.3 is 5.97 Å². The zero-order chi connectivity index (χ0) is 14.6. The number of nitrogens with two attached hydrogens (primary N) is 1. The van der Waals surface area contributed by atoms with Crippen molar-refractivity contribution >= 4 is 17.7 Å². The van der Waals surface area contributed by atoms with E-state index in [2.05, 4.69) is 19.1 Å². The molecule has 0 amide bonds. The number of ether oxygens (including phenoxy) is 1. The fourth-order valence-corrected chi connectivity index (χ4v) is 3.66. The van der Waals surface area contributed by atoms with Crippen molar-refractivity contribution < 1.29 is 9.53 Å². The number of esters is 1. The Morgan fingerprint density at radius 3 is 2.60 bits per heavy atom. The highest BCUT2D eigenvalue weighted by atomic mass is 32.2. The van der Waals surface area contributed by atoms with E-state index in [1.165, 1.54) is 12.7 Å². The molecule has 0 heterocycles. The van der Waals surface area contributed by atoms with Crippen LogP contribution >= 0.6 is 11.8 Å². The molecule has 1 saturated carbocycles. The molecule has 2 rings (SSSR count). The van der Waals surface area contributed by atoms with E-state index in [1.807, 2.05) is 30.0 Å². The number of methoxy groups -OCH3 is 1. The molecular weight excluding hydrogens is 270 g/mol. The lowest BCUT2D eigenvalue weighted by Crippen LogP contribution is -2.23. The number of rotatable bonds is 7. The molecule has 1 aromatic carbocycles. The summed E-state index contributed by atoms with van der Waals surface area (Å²) in [6.07, 6.45) is 2.80. The van der Waals surface area contributed by atoms with Crippen LogP contribution in [0.2, 0.25) is 0 Å². The predicted molar refractivity (Wildman–Crippen MR) is 83.6 cm³/mol. The number of thioether (sulfide) groups is 1. The fourth-order valence-electron chi connectivity index (χ4n) is 2.29. The number of hydrogen-bond donors (Lipinski definition) is 1. The molecule has 2 N–H and O–H groups in total. The van der Waals surface area contributed by atoms with E-state index < -0.39 is 0 Å². The zero-order valence-electron chi connectivity index (χ0n) is 12.2. The summed E-state index contributed by atoms with van der Waals surface area (Å²) in [4.78, 5) is 11.4. The first-order chi connectivity index (χ1) is 9.56. The third kappa shape index (κ3) is 4.00. The van der Waals surface area contributed by atoms with Gasteiger partial charge in [0.25, 0.3) is 0 Å². The molecule has 110 valence electrons. The summed E-state index contributed by atoms with van der Waals surface area (Å²) in [5.41, 5.74) is 7.64. The van der Waals surface area contributed by atoms with Gasteiger partial charge in [-0.25, -0.2) is 0 Å². The van der Waals surface area contributed by atoms with Gasteiger partial charge in [0.2, 0.25) is 0 Å². The Morgan fingerprint density at radius 2 is 2.05 bits per heavy atom. The van der Waals surface area contributed by atoms with Crippen molar-refractivity contribution in [3.05, 3.63) is 35.9 Å². The lowest BCUT2D eigenvalue weighted by Gasteiger charge is -2.22. The number of hydrogen-bond acceptors (Lipinski definition) is 4. The number of benzene rings is 1. The zero-order valence-corrected chi connectivity index (χ0v) is 13.0. The van der Waals surface area contributed by atoms with E-state index in [9.17, 15) is 4.79 Å². The van der Waals surface area contributed by atoms with Crippen LogP contribution < -0.4 is 5.73 Å². The first kappa shape index (κ1) is 15.4. The topological polar surface area (TPSA) is 52.3 Å². The van der Waals surface area contributed by atoms with E-state index in [-0.39, 0.29) is 17.4 Å². The molecule has 0 bridgehead atoms. The minimum atomic E-state index is -0.0943. The second-order valence-electron chi connectivity index (χ2n) is 5.71. The third-order valence-electron chi connectivity index (χ3n) is 4.05. The average molecular weight is 293 g/mol. The Kier molecular flexibility index (Phi) is 5.11. The highest BCUT2D eigenvalue weighted by molar-refractivity contribution is 7.99. The molecule has 0 aliphatic heterocycles. The Hall–Kier alpha value is -1.00. The largest absolute Gasteiger partial charge is 0.469 e. The van der Waals surface area contributed by atoms with E-state index in [0.717, 1.165) is 18.6 Å². The standard InChI is InChI=1S/C16H23NO2S/c1-12(15(17)13-6-4-3-5-7-13)20-11-16(8-9-16)10-14(18)19-2/h3-7,12,15H,8-11,17H2,1-2H3. The molecule has 1 aromatic rings. The van der Waals surface area contributed by atoms with Crippen LogP contribution in [-0.4, -0.2) is 24.1 Å². The van der Waals surface area contributed by atoms with Crippen molar-refractivity contribution in [2.24, 2.45) is 11.1 Å². The van der Waals surface area contributed by atoms with Gasteiger partial charge in [-0.1, -0.05) is 37.3 Å². The van der Waals surface area contributed by atoms with Crippen LogP contribution in [0.25, 0.3) is 0 Å². The van der Waals surface area contributed by atoms with Gasteiger partial charge in [0.1, 0.15) is 0 Å². The smallest absolute Gasteiger partial charge is 0.306 e. The molecule has 0 spiro atoms. The molecule has 1 aliphatic rings. The lowest BCUT2D eigenvalue weighted by molar-refractivity contribution is -0.141. The Balaban J connectivity index is 1.83. The molecule has 0 radical (unpaired) electrons. The molecule has 3 nitrogen and oxygen atoms in total. The summed E-state index contributed by atoms with van der Waals surface area (Å²) >= 11 is 1.87.